The Morgan fingerprint density at radius 2 is 1.87 bits per heavy atom. The number of ether oxygens (including phenoxy) is 2. The van der Waals surface area contributed by atoms with E-state index in [2.05, 4.69) is 5.32 Å². The molecule has 2 aromatic carbocycles. The summed E-state index contributed by atoms with van der Waals surface area (Å²) in [6.45, 7) is -0.270. The third kappa shape index (κ3) is 4.62. The van der Waals surface area contributed by atoms with E-state index in [0.717, 1.165) is 0 Å². The molecule has 0 unspecified atom stereocenters. The van der Waals surface area contributed by atoms with E-state index in [1.807, 2.05) is 0 Å². The van der Waals surface area contributed by atoms with Crippen LogP contribution in [0.3, 0.4) is 0 Å². The van der Waals surface area contributed by atoms with Gasteiger partial charge in [-0.1, -0.05) is 11.6 Å². The lowest BCUT2D eigenvalue weighted by atomic mass is 10.2. The summed E-state index contributed by atoms with van der Waals surface area (Å²) in [7, 11) is 1.56. The smallest absolute Gasteiger partial charge is 0.262 e. The van der Waals surface area contributed by atoms with Crippen LogP contribution in [-0.4, -0.2) is 25.5 Å². The maximum atomic E-state index is 11.9. The van der Waals surface area contributed by atoms with Gasteiger partial charge in [0.1, 0.15) is 11.5 Å². The molecule has 2 amide bonds. The number of nitrogens with two attached hydrogens (primary N) is 1. The quantitative estimate of drug-likeness (QED) is 0.849. The molecule has 0 aliphatic heterocycles. The van der Waals surface area contributed by atoms with Crippen LogP contribution in [0.25, 0.3) is 0 Å². The molecule has 0 saturated heterocycles. The van der Waals surface area contributed by atoms with E-state index in [-0.39, 0.29) is 23.8 Å². The van der Waals surface area contributed by atoms with E-state index in [9.17, 15) is 9.59 Å². The van der Waals surface area contributed by atoms with Crippen molar-refractivity contribution in [1.29, 1.82) is 0 Å². The molecule has 2 aromatic rings. The summed E-state index contributed by atoms with van der Waals surface area (Å²) in [5.74, 6) is -0.170. The highest BCUT2D eigenvalue weighted by Crippen LogP contribution is 2.22. The number of carbonyl (C=O) groups is 2. The van der Waals surface area contributed by atoms with Gasteiger partial charge in [-0.3, -0.25) is 9.59 Å². The SMILES string of the molecule is COc1ccc(NC(=O)COc2ccc(Cl)cc2C(N)=O)cc1. The number of primary amides is 1. The molecule has 0 atom stereocenters. The molecule has 7 heteroatoms. The second-order valence-corrected chi connectivity index (χ2v) is 5.01. The number of halogens is 1. The van der Waals surface area contributed by atoms with Gasteiger partial charge < -0.3 is 20.5 Å². The molecule has 0 aliphatic rings. The number of hydrogen-bond donors (Lipinski definition) is 2. The molecule has 2 rings (SSSR count). The molecular weight excluding hydrogens is 320 g/mol. The van der Waals surface area contributed by atoms with Gasteiger partial charge in [0, 0.05) is 10.7 Å². The molecule has 0 bridgehead atoms. The molecule has 23 heavy (non-hydrogen) atoms. The second kappa shape index (κ2) is 7.51. The average Bonchev–Trinajstić information content (AvgIpc) is 2.54. The number of amides is 2. The van der Waals surface area contributed by atoms with E-state index >= 15 is 0 Å². The highest BCUT2D eigenvalue weighted by molar-refractivity contribution is 6.31. The van der Waals surface area contributed by atoms with Crippen LogP contribution in [0.5, 0.6) is 11.5 Å². The van der Waals surface area contributed by atoms with Crippen molar-refractivity contribution >= 4 is 29.1 Å². The number of methoxy groups -OCH3 is 1. The van der Waals surface area contributed by atoms with Crippen molar-refractivity contribution in [2.45, 2.75) is 0 Å². The van der Waals surface area contributed by atoms with E-state index in [0.29, 0.717) is 16.5 Å². The number of nitrogens with one attached hydrogen (secondary N) is 1. The monoisotopic (exact) mass is 334 g/mol. The molecule has 0 radical (unpaired) electrons. The van der Waals surface area contributed by atoms with Crippen LogP contribution in [0, 0.1) is 0 Å². The molecule has 0 aliphatic carbocycles. The highest BCUT2D eigenvalue weighted by atomic mass is 35.5. The van der Waals surface area contributed by atoms with Crippen LogP contribution in [0.2, 0.25) is 5.02 Å². The van der Waals surface area contributed by atoms with Gasteiger partial charge >= 0.3 is 0 Å². The summed E-state index contributed by atoms with van der Waals surface area (Å²) in [4.78, 5) is 23.2. The molecule has 0 aromatic heterocycles. The Morgan fingerprint density at radius 3 is 2.48 bits per heavy atom. The van der Waals surface area contributed by atoms with Crippen molar-refractivity contribution in [2.24, 2.45) is 5.73 Å². The molecule has 3 N–H and O–H groups in total. The van der Waals surface area contributed by atoms with E-state index in [1.54, 1.807) is 37.4 Å². The molecule has 0 spiro atoms. The summed E-state index contributed by atoms with van der Waals surface area (Å²) in [5, 5.41) is 3.02. The Bertz CT molecular complexity index is 717. The van der Waals surface area contributed by atoms with Gasteiger partial charge in [0.15, 0.2) is 6.61 Å². The van der Waals surface area contributed by atoms with Gasteiger partial charge in [-0.2, -0.15) is 0 Å². The van der Waals surface area contributed by atoms with Crippen molar-refractivity contribution in [2.75, 3.05) is 19.0 Å². The molecular formula is C16H15ClN2O4. The molecule has 0 saturated carbocycles. The lowest BCUT2D eigenvalue weighted by Crippen LogP contribution is -2.21. The number of hydrogen-bond acceptors (Lipinski definition) is 4. The van der Waals surface area contributed by atoms with Crippen LogP contribution in [0.1, 0.15) is 10.4 Å². The minimum Gasteiger partial charge on any atom is -0.497 e. The third-order valence-electron chi connectivity index (χ3n) is 2.94. The summed E-state index contributed by atoms with van der Waals surface area (Å²) in [6, 6.07) is 11.3. The fraction of sp³-hybridized carbons (Fsp3) is 0.125. The molecule has 0 heterocycles. The van der Waals surface area contributed by atoms with Gasteiger partial charge in [-0.05, 0) is 42.5 Å². The molecule has 6 nitrogen and oxygen atoms in total. The standard InChI is InChI=1S/C16H15ClN2O4/c1-22-12-5-3-11(4-6-12)19-15(20)9-23-14-7-2-10(17)8-13(14)16(18)21/h2-8H,9H2,1H3,(H2,18,21)(H,19,20). The Labute approximate surface area is 138 Å². The van der Waals surface area contributed by atoms with Crippen molar-refractivity contribution < 1.29 is 19.1 Å². The zero-order valence-corrected chi connectivity index (χ0v) is 13.1. The van der Waals surface area contributed by atoms with Crippen LogP contribution in [0.15, 0.2) is 42.5 Å². The minimum absolute atomic E-state index is 0.120. The van der Waals surface area contributed by atoms with Gasteiger partial charge in [0.25, 0.3) is 11.8 Å². The van der Waals surface area contributed by atoms with Gasteiger partial charge in [0.2, 0.25) is 0 Å². The maximum absolute atomic E-state index is 11.9. The van der Waals surface area contributed by atoms with E-state index in [1.165, 1.54) is 12.1 Å². The Kier molecular flexibility index (Phi) is 5.43. The normalized spacial score (nSPS) is 10.0. The van der Waals surface area contributed by atoms with Crippen LogP contribution >= 0.6 is 11.6 Å². The summed E-state index contributed by atoms with van der Waals surface area (Å²) < 4.78 is 10.4. The Morgan fingerprint density at radius 1 is 1.17 bits per heavy atom. The van der Waals surface area contributed by atoms with Crippen LogP contribution in [0.4, 0.5) is 5.69 Å². The van der Waals surface area contributed by atoms with Crippen LogP contribution in [-0.2, 0) is 4.79 Å². The summed E-state index contributed by atoms with van der Waals surface area (Å²) >= 11 is 5.80. The number of benzene rings is 2. The van der Waals surface area contributed by atoms with Gasteiger partial charge in [-0.25, -0.2) is 0 Å². The van der Waals surface area contributed by atoms with E-state index in [4.69, 9.17) is 26.8 Å². The first-order valence-electron chi connectivity index (χ1n) is 6.65. The Balaban J connectivity index is 1.97. The number of anilines is 1. The topological polar surface area (TPSA) is 90.7 Å². The summed E-state index contributed by atoms with van der Waals surface area (Å²) in [6.07, 6.45) is 0. The first-order chi connectivity index (χ1) is 11.0. The largest absolute Gasteiger partial charge is 0.497 e. The first kappa shape index (κ1) is 16.6. The highest BCUT2D eigenvalue weighted by Gasteiger charge is 2.12. The predicted octanol–water partition coefficient (Wildman–Crippen LogP) is 2.46. The van der Waals surface area contributed by atoms with Crippen molar-refractivity contribution in [3.05, 3.63) is 53.1 Å². The minimum atomic E-state index is -0.682. The zero-order valence-electron chi connectivity index (χ0n) is 12.3. The first-order valence-corrected chi connectivity index (χ1v) is 7.03. The fourth-order valence-electron chi connectivity index (χ4n) is 1.84. The van der Waals surface area contributed by atoms with E-state index < -0.39 is 5.91 Å². The van der Waals surface area contributed by atoms with Crippen molar-refractivity contribution in [3.8, 4) is 11.5 Å². The van der Waals surface area contributed by atoms with Gasteiger partial charge in [-0.15, -0.1) is 0 Å². The molecule has 120 valence electrons. The van der Waals surface area contributed by atoms with Crippen molar-refractivity contribution in [3.63, 3.8) is 0 Å². The third-order valence-corrected chi connectivity index (χ3v) is 3.17. The number of rotatable bonds is 6. The second-order valence-electron chi connectivity index (χ2n) is 4.57. The Hall–Kier alpha value is -2.73. The zero-order chi connectivity index (χ0) is 16.8. The van der Waals surface area contributed by atoms with Crippen molar-refractivity contribution in [1.82, 2.24) is 0 Å². The van der Waals surface area contributed by atoms with Crippen LogP contribution < -0.4 is 20.5 Å². The predicted molar refractivity (Wildman–Crippen MR) is 87.1 cm³/mol. The molecule has 0 fully saturated rings. The summed E-state index contributed by atoms with van der Waals surface area (Å²) in [5.41, 5.74) is 5.97. The van der Waals surface area contributed by atoms with Gasteiger partial charge in [0.05, 0.1) is 12.7 Å². The average molecular weight is 335 g/mol. The maximum Gasteiger partial charge on any atom is 0.262 e. The fourth-order valence-corrected chi connectivity index (χ4v) is 2.01. The lowest BCUT2D eigenvalue weighted by molar-refractivity contribution is -0.118. The lowest BCUT2D eigenvalue weighted by Gasteiger charge is -2.10. The number of carbonyl (C=O) groups excluding carboxylic acids is 2.